The van der Waals surface area contributed by atoms with Gasteiger partial charge in [0.05, 0.1) is 23.0 Å². The van der Waals surface area contributed by atoms with Crippen LogP contribution in [0, 0.1) is 6.92 Å². The molecule has 5 heteroatoms. The summed E-state index contributed by atoms with van der Waals surface area (Å²) in [5.74, 6) is 0. The number of aromatic nitrogens is 3. The number of hydrogen-bond acceptors (Lipinski definition) is 2. The summed E-state index contributed by atoms with van der Waals surface area (Å²) in [5, 5.41) is 5.06. The van der Waals surface area contributed by atoms with Gasteiger partial charge in [0.25, 0.3) is 0 Å². The average molecular weight is 267 g/mol. The Bertz CT molecular complexity index is 539. The second kappa shape index (κ2) is 5.16. The first kappa shape index (κ1) is 13.2. The van der Waals surface area contributed by atoms with Crippen LogP contribution in [0.4, 0.5) is 0 Å². The van der Waals surface area contributed by atoms with Crippen molar-refractivity contribution in [3.63, 3.8) is 0 Å². The Labute approximate surface area is 112 Å². The van der Waals surface area contributed by atoms with Gasteiger partial charge >= 0.3 is 0 Å². The van der Waals surface area contributed by atoms with Gasteiger partial charge in [0.15, 0.2) is 0 Å². The van der Waals surface area contributed by atoms with E-state index in [1.807, 2.05) is 25.6 Å². The smallest absolute Gasteiger partial charge is 0.0865 e. The quantitative estimate of drug-likeness (QED) is 0.922. The predicted molar refractivity (Wildman–Crippen MR) is 73.8 cm³/mol. The van der Waals surface area contributed by atoms with Crippen LogP contribution < -0.4 is 5.73 Å². The Kier molecular flexibility index (Phi) is 3.78. The average Bonchev–Trinajstić information content (AvgIpc) is 2.79. The molecule has 1 atom stereocenters. The molecule has 0 bridgehead atoms. The van der Waals surface area contributed by atoms with Crippen molar-refractivity contribution in [1.29, 1.82) is 0 Å². The van der Waals surface area contributed by atoms with Gasteiger partial charge in [-0.3, -0.25) is 4.68 Å². The highest BCUT2D eigenvalue weighted by atomic mass is 35.5. The third-order valence-corrected chi connectivity index (χ3v) is 3.46. The van der Waals surface area contributed by atoms with E-state index in [9.17, 15) is 0 Å². The van der Waals surface area contributed by atoms with Crippen LogP contribution in [-0.2, 0) is 20.0 Å². The van der Waals surface area contributed by atoms with E-state index in [1.165, 1.54) is 5.56 Å². The Balaban J connectivity index is 2.16. The normalized spacial score (nSPS) is 12.9. The highest BCUT2D eigenvalue weighted by Gasteiger charge is 2.11. The lowest BCUT2D eigenvalue weighted by molar-refractivity contribution is 0.662. The Morgan fingerprint density at radius 1 is 1.50 bits per heavy atom. The van der Waals surface area contributed by atoms with Crippen LogP contribution in [0.25, 0.3) is 0 Å². The number of rotatable bonds is 4. The summed E-state index contributed by atoms with van der Waals surface area (Å²) in [6, 6.07) is 2.28. The molecule has 1 unspecified atom stereocenters. The fourth-order valence-corrected chi connectivity index (χ4v) is 2.33. The zero-order chi connectivity index (χ0) is 13.3. The van der Waals surface area contributed by atoms with Crippen molar-refractivity contribution in [2.75, 3.05) is 0 Å². The summed E-state index contributed by atoms with van der Waals surface area (Å²) in [5.41, 5.74) is 8.94. The molecule has 0 aliphatic heterocycles. The molecular weight excluding hydrogens is 248 g/mol. The maximum atomic E-state index is 6.24. The minimum Gasteiger partial charge on any atom is -0.348 e. The monoisotopic (exact) mass is 266 g/mol. The van der Waals surface area contributed by atoms with Crippen LogP contribution in [0.3, 0.4) is 0 Å². The molecular formula is C13H19ClN4. The number of aryl methyl sites for hydroxylation is 2. The molecule has 0 fully saturated rings. The highest BCUT2D eigenvalue weighted by molar-refractivity contribution is 6.31. The summed E-state index contributed by atoms with van der Waals surface area (Å²) >= 11 is 6.24. The van der Waals surface area contributed by atoms with Gasteiger partial charge in [-0.25, -0.2) is 0 Å². The van der Waals surface area contributed by atoms with E-state index < -0.39 is 0 Å². The van der Waals surface area contributed by atoms with E-state index in [2.05, 4.69) is 28.1 Å². The van der Waals surface area contributed by atoms with Crippen molar-refractivity contribution in [1.82, 2.24) is 14.3 Å². The van der Waals surface area contributed by atoms with E-state index in [4.69, 9.17) is 17.3 Å². The molecule has 2 N–H and O–H groups in total. The maximum Gasteiger partial charge on any atom is 0.0865 e. The van der Waals surface area contributed by atoms with Crippen LogP contribution in [0.2, 0.25) is 5.02 Å². The zero-order valence-corrected chi connectivity index (χ0v) is 11.8. The number of halogens is 1. The zero-order valence-electron chi connectivity index (χ0n) is 11.0. The SMILES string of the molecule is Cc1nn(C)c(Cn2ccc(CC(C)N)c2)c1Cl. The van der Waals surface area contributed by atoms with Gasteiger partial charge in [-0.2, -0.15) is 5.10 Å². The molecule has 0 radical (unpaired) electrons. The maximum absolute atomic E-state index is 6.24. The van der Waals surface area contributed by atoms with Crippen molar-refractivity contribution >= 4 is 11.6 Å². The van der Waals surface area contributed by atoms with E-state index in [0.717, 1.165) is 29.4 Å². The second-order valence-corrected chi connectivity index (χ2v) is 5.22. The lowest BCUT2D eigenvalue weighted by atomic mass is 10.1. The first-order valence-corrected chi connectivity index (χ1v) is 6.43. The summed E-state index contributed by atoms with van der Waals surface area (Å²) in [6.45, 7) is 4.66. The van der Waals surface area contributed by atoms with Crippen molar-refractivity contribution in [3.05, 3.63) is 40.4 Å². The van der Waals surface area contributed by atoms with Crippen LogP contribution >= 0.6 is 11.6 Å². The van der Waals surface area contributed by atoms with Gasteiger partial charge in [-0.05, 0) is 31.9 Å². The van der Waals surface area contributed by atoms with E-state index in [-0.39, 0.29) is 6.04 Å². The minimum atomic E-state index is 0.184. The molecule has 0 saturated heterocycles. The highest BCUT2D eigenvalue weighted by Crippen LogP contribution is 2.20. The standard InChI is InChI=1S/C13H19ClN4/c1-9(15)6-11-4-5-18(7-11)8-12-13(14)10(2)16-17(12)3/h4-5,7,9H,6,8,15H2,1-3H3. The Hall–Kier alpha value is -1.26. The van der Waals surface area contributed by atoms with Gasteiger partial charge in [-0.15, -0.1) is 0 Å². The largest absolute Gasteiger partial charge is 0.348 e. The van der Waals surface area contributed by atoms with E-state index in [0.29, 0.717) is 0 Å². The molecule has 18 heavy (non-hydrogen) atoms. The van der Waals surface area contributed by atoms with Gasteiger partial charge < -0.3 is 10.3 Å². The first-order chi connectivity index (χ1) is 8.47. The van der Waals surface area contributed by atoms with E-state index in [1.54, 1.807) is 0 Å². The summed E-state index contributed by atoms with van der Waals surface area (Å²) in [4.78, 5) is 0. The molecule has 0 aliphatic rings. The third kappa shape index (κ3) is 2.76. The van der Waals surface area contributed by atoms with E-state index >= 15 is 0 Å². The summed E-state index contributed by atoms with van der Waals surface area (Å²) < 4.78 is 3.95. The Morgan fingerprint density at radius 2 is 2.22 bits per heavy atom. The lowest BCUT2D eigenvalue weighted by Gasteiger charge is -2.05. The van der Waals surface area contributed by atoms with Crippen LogP contribution in [-0.4, -0.2) is 20.4 Å². The number of hydrogen-bond donors (Lipinski definition) is 1. The molecule has 2 rings (SSSR count). The number of nitrogens with zero attached hydrogens (tertiary/aromatic N) is 3. The van der Waals surface area contributed by atoms with Gasteiger partial charge in [-0.1, -0.05) is 11.6 Å². The first-order valence-electron chi connectivity index (χ1n) is 6.05. The molecule has 0 aliphatic carbocycles. The van der Waals surface area contributed by atoms with Crippen molar-refractivity contribution in [2.45, 2.75) is 32.9 Å². The van der Waals surface area contributed by atoms with Crippen LogP contribution in [0.1, 0.15) is 23.9 Å². The van der Waals surface area contributed by atoms with Crippen molar-refractivity contribution in [3.8, 4) is 0 Å². The molecule has 0 saturated carbocycles. The summed E-state index contributed by atoms with van der Waals surface area (Å²) in [7, 11) is 1.92. The third-order valence-electron chi connectivity index (χ3n) is 2.96. The van der Waals surface area contributed by atoms with Crippen LogP contribution in [0.5, 0.6) is 0 Å². The molecule has 2 aromatic rings. The topological polar surface area (TPSA) is 48.8 Å². The molecule has 4 nitrogen and oxygen atoms in total. The molecule has 0 aromatic carbocycles. The van der Waals surface area contributed by atoms with Crippen molar-refractivity contribution < 1.29 is 0 Å². The van der Waals surface area contributed by atoms with Gasteiger partial charge in [0.1, 0.15) is 0 Å². The van der Waals surface area contributed by atoms with Crippen LogP contribution in [0.15, 0.2) is 18.5 Å². The molecule has 0 spiro atoms. The Morgan fingerprint density at radius 3 is 2.78 bits per heavy atom. The minimum absolute atomic E-state index is 0.184. The fourth-order valence-electron chi connectivity index (χ4n) is 2.11. The van der Waals surface area contributed by atoms with Gasteiger partial charge in [0, 0.05) is 25.5 Å². The molecule has 98 valence electrons. The van der Waals surface area contributed by atoms with Gasteiger partial charge in [0.2, 0.25) is 0 Å². The van der Waals surface area contributed by atoms with Crippen molar-refractivity contribution in [2.24, 2.45) is 12.8 Å². The molecule has 2 heterocycles. The molecule has 0 amide bonds. The molecule has 2 aromatic heterocycles. The summed E-state index contributed by atoms with van der Waals surface area (Å²) in [6.07, 6.45) is 5.06. The lowest BCUT2D eigenvalue weighted by Crippen LogP contribution is -2.17. The number of nitrogens with two attached hydrogens (primary N) is 1. The second-order valence-electron chi connectivity index (χ2n) is 4.84. The predicted octanol–water partition coefficient (Wildman–Crippen LogP) is 2.12. The fraction of sp³-hybridized carbons (Fsp3) is 0.462.